The highest BCUT2D eigenvalue weighted by Crippen LogP contribution is 2.31. The van der Waals surface area contributed by atoms with Crippen LogP contribution in [0, 0.1) is 13.8 Å². The molecular formula is C16H16N2O3S2. The maximum atomic E-state index is 12.4. The molecule has 0 aliphatic carbocycles. The highest BCUT2D eigenvalue weighted by Gasteiger charge is 2.18. The molecule has 0 unspecified atom stereocenters. The maximum Gasteiger partial charge on any atom is 0.250 e. The summed E-state index contributed by atoms with van der Waals surface area (Å²) >= 11 is 1.16. The van der Waals surface area contributed by atoms with Crippen molar-refractivity contribution in [1.29, 1.82) is 0 Å². The molecule has 3 rings (SSSR count). The minimum absolute atomic E-state index is 0.259. The third-order valence-corrected chi connectivity index (χ3v) is 6.26. The van der Waals surface area contributed by atoms with Crippen molar-refractivity contribution >= 4 is 21.4 Å². The fourth-order valence-electron chi connectivity index (χ4n) is 2.15. The minimum Gasteiger partial charge on any atom is -0.355 e. The largest absolute Gasteiger partial charge is 0.355 e. The van der Waals surface area contributed by atoms with E-state index < -0.39 is 10.0 Å². The molecule has 0 saturated carbocycles. The predicted octanol–water partition coefficient (Wildman–Crippen LogP) is 3.50. The summed E-state index contributed by atoms with van der Waals surface area (Å²) in [6, 6.07) is 12.8. The van der Waals surface area contributed by atoms with Gasteiger partial charge in [0.25, 0.3) is 0 Å². The molecular weight excluding hydrogens is 332 g/mol. The van der Waals surface area contributed by atoms with Gasteiger partial charge in [0.2, 0.25) is 10.0 Å². The summed E-state index contributed by atoms with van der Waals surface area (Å²) in [6.07, 6.45) is 0. The van der Waals surface area contributed by atoms with Crippen LogP contribution in [0.3, 0.4) is 0 Å². The Labute approximate surface area is 139 Å². The van der Waals surface area contributed by atoms with Crippen molar-refractivity contribution < 1.29 is 12.9 Å². The number of sulfonamides is 1. The molecule has 23 heavy (non-hydrogen) atoms. The van der Waals surface area contributed by atoms with Gasteiger partial charge in [0.05, 0.1) is 10.6 Å². The van der Waals surface area contributed by atoms with Crippen LogP contribution in [0.4, 0.5) is 0 Å². The molecule has 1 aromatic carbocycles. The SMILES string of the molecule is Cc1cccc(CNS(=O)(=O)c2ccc(-c3cc(C)no3)s2)c1. The Morgan fingerprint density at radius 2 is 2.00 bits per heavy atom. The number of aryl methyl sites for hydroxylation is 2. The Morgan fingerprint density at radius 3 is 2.70 bits per heavy atom. The van der Waals surface area contributed by atoms with E-state index in [1.165, 1.54) is 0 Å². The molecule has 0 radical (unpaired) electrons. The van der Waals surface area contributed by atoms with Crippen LogP contribution in [0.5, 0.6) is 0 Å². The molecule has 0 aliphatic heterocycles. The molecule has 0 bridgehead atoms. The highest BCUT2D eigenvalue weighted by molar-refractivity contribution is 7.91. The Hall–Kier alpha value is -1.96. The number of thiophene rings is 1. The lowest BCUT2D eigenvalue weighted by atomic mass is 10.1. The number of aromatic nitrogens is 1. The molecule has 3 aromatic rings. The van der Waals surface area contributed by atoms with E-state index >= 15 is 0 Å². The lowest BCUT2D eigenvalue weighted by molar-refractivity contribution is 0.428. The molecule has 5 nitrogen and oxygen atoms in total. The van der Waals surface area contributed by atoms with Gasteiger partial charge in [0, 0.05) is 12.6 Å². The number of rotatable bonds is 5. The highest BCUT2D eigenvalue weighted by atomic mass is 32.2. The quantitative estimate of drug-likeness (QED) is 0.766. The summed E-state index contributed by atoms with van der Waals surface area (Å²) < 4.78 is 32.8. The molecule has 120 valence electrons. The van der Waals surface area contributed by atoms with E-state index in [2.05, 4.69) is 9.88 Å². The van der Waals surface area contributed by atoms with E-state index in [4.69, 9.17) is 4.52 Å². The average molecular weight is 348 g/mol. The van der Waals surface area contributed by atoms with Gasteiger partial charge >= 0.3 is 0 Å². The second-order valence-corrected chi connectivity index (χ2v) is 8.34. The van der Waals surface area contributed by atoms with Crippen LogP contribution in [-0.4, -0.2) is 13.6 Å². The van der Waals surface area contributed by atoms with Gasteiger partial charge in [-0.1, -0.05) is 35.0 Å². The summed E-state index contributed by atoms with van der Waals surface area (Å²) in [5.41, 5.74) is 2.78. The first-order chi connectivity index (χ1) is 10.9. The van der Waals surface area contributed by atoms with Gasteiger partial charge in [-0.3, -0.25) is 0 Å². The third-order valence-electron chi connectivity index (χ3n) is 3.27. The number of nitrogens with one attached hydrogen (secondary N) is 1. The molecule has 7 heteroatoms. The number of hydrogen-bond acceptors (Lipinski definition) is 5. The van der Waals surface area contributed by atoms with E-state index in [9.17, 15) is 8.42 Å². The summed E-state index contributed by atoms with van der Waals surface area (Å²) in [5.74, 6) is 0.577. The van der Waals surface area contributed by atoms with Crippen LogP contribution in [-0.2, 0) is 16.6 Å². The topological polar surface area (TPSA) is 72.2 Å². The molecule has 0 fully saturated rings. The van der Waals surface area contributed by atoms with Gasteiger partial charge in [-0.2, -0.15) is 0 Å². The van der Waals surface area contributed by atoms with Crippen molar-refractivity contribution in [2.45, 2.75) is 24.6 Å². The Kier molecular flexibility index (Phi) is 4.34. The zero-order chi connectivity index (χ0) is 16.4. The number of benzene rings is 1. The van der Waals surface area contributed by atoms with Crippen LogP contribution < -0.4 is 4.72 Å². The first-order valence-electron chi connectivity index (χ1n) is 7.03. The van der Waals surface area contributed by atoms with E-state index in [0.29, 0.717) is 5.76 Å². The van der Waals surface area contributed by atoms with Gasteiger partial charge in [-0.25, -0.2) is 13.1 Å². The lowest BCUT2D eigenvalue weighted by Gasteiger charge is -2.05. The molecule has 2 aromatic heterocycles. The fourth-order valence-corrected chi connectivity index (χ4v) is 4.47. The summed E-state index contributed by atoms with van der Waals surface area (Å²) in [6.45, 7) is 4.06. The number of hydrogen-bond donors (Lipinski definition) is 1. The van der Waals surface area contributed by atoms with Gasteiger partial charge in [0.1, 0.15) is 4.21 Å². The second-order valence-electron chi connectivity index (χ2n) is 5.26. The van der Waals surface area contributed by atoms with Crippen LogP contribution >= 0.6 is 11.3 Å². The van der Waals surface area contributed by atoms with Crippen molar-refractivity contribution in [2.24, 2.45) is 0 Å². The predicted molar refractivity (Wildman–Crippen MR) is 89.8 cm³/mol. The van der Waals surface area contributed by atoms with Crippen molar-refractivity contribution in [2.75, 3.05) is 0 Å². The monoisotopic (exact) mass is 348 g/mol. The second kappa shape index (κ2) is 6.27. The van der Waals surface area contributed by atoms with E-state index in [1.54, 1.807) is 18.2 Å². The summed E-state index contributed by atoms with van der Waals surface area (Å²) in [5, 5.41) is 3.82. The van der Waals surface area contributed by atoms with Crippen molar-refractivity contribution in [3.63, 3.8) is 0 Å². The van der Waals surface area contributed by atoms with E-state index in [0.717, 1.165) is 33.0 Å². The molecule has 0 aliphatic rings. The molecule has 2 heterocycles. The van der Waals surface area contributed by atoms with E-state index in [-0.39, 0.29) is 10.8 Å². The van der Waals surface area contributed by atoms with Gasteiger partial charge in [-0.05, 0) is 31.5 Å². The molecule has 0 atom stereocenters. The summed E-state index contributed by atoms with van der Waals surface area (Å²) in [4.78, 5) is 0.738. The van der Waals surface area contributed by atoms with E-state index in [1.807, 2.05) is 38.1 Å². The number of nitrogens with zero attached hydrogens (tertiary/aromatic N) is 1. The smallest absolute Gasteiger partial charge is 0.250 e. The molecule has 0 amide bonds. The summed E-state index contributed by atoms with van der Waals surface area (Å²) in [7, 11) is -3.55. The average Bonchev–Trinajstić information content (AvgIpc) is 3.14. The molecule has 0 spiro atoms. The van der Waals surface area contributed by atoms with Crippen molar-refractivity contribution in [1.82, 2.24) is 9.88 Å². The third kappa shape index (κ3) is 3.69. The standard InChI is InChI=1S/C16H16N2O3S2/c1-11-4-3-5-13(8-11)10-17-23(19,20)16-7-6-15(22-16)14-9-12(2)18-21-14/h3-9,17H,10H2,1-2H3. The maximum absolute atomic E-state index is 12.4. The van der Waals surface area contributed by atoms with Crippen molar-refractivity contribution in [3.05, 3.63) is 59.3 Å². The van der Waals surface area contributed by atoms with Crippen LogP contribution in [0.1, 0.15) is 16.8 Å². The zero-order valence-corrected chi connectivity index (χ0v) is 14.4. The Morgan fingerprint density at radius 1 is 1.17 bits per heavy atom. The van der Waals surface area contributed by atoms with Gasteiger partial charge < -0.3 is 4.52 Å². The van der Waals surface area contributed by atoms with Crippen LogP contribution in [0.25, 0.3) is 10.6 Å². The first kappa shape index (κ1) is 15.9. The Balaban J connectivity index is 1.76. The van der Waals surface area contributed by atoms with Crippen LogP contribution in [0.15, 0.2) is 51.2 Å². The van der Waals surface area contributed by atoms with Crippen LogP contribution in [0.2, 0.25) is 0 Å². The van der Waals surface area contributed by atoms with Gasteiger partial charge in [0.15, 0.2) is 5.76 Å². The van der Waals surface area contributed by atoms with Crippen molar-refractivity contribution in [3.8, 4) is 10.6 Å². The molecule has 0 saturated heterocycles. The van der Waals surface area contributed by atoms with Gasteiger partial charge in [-0.15, -0.1) is 11.3 Å². The minimum atomic E-state index is -3.55. The first-order valence-corrected chi connectivity index (χ1v) is 9.33. The normalized spacial score (nSPS) is 11.7. The Bertz CT molecular complexity index is 926. The fraction of sp³-hybridized carbons (Fsp3) is 0.188. The zero-order valence-electron chi connectivity index (χ0n) is 12.7. The lowest BCUT2D eigenvalue weighted by Crippen LogP contribution is -2.22. The molecule has 1 N–H and O–H groups in total.